The Morgan fingerprint density at radius 1 is 0.714 bits per heavy atom. The number of hydrogen-bond acceptors (Lipinski definition) is 0. The van der Waals surface area contributed by atoms with Gasteiger partial charge in [-0.15, -0.1) is 0 Å². The Hall–Kier alpha value is -2.41. The molecule has 0 saturated heterocycles. The van der Waals surface area contributed by atoms with Crippen LogP contribution < -0.4 is 0 Å². The van der Waals surface area contributed by atoms with Gasteiger partial charge in [-0.1, -0.05) is 73.7 Å². The van der Waals surface area contributed by atoms with E-state index >= 15 is 0 Å². The Kier molecular flexibility index (Phi) is 5.90. The molecule has 3 aromatic carbocycles. The fourth-order valence-corrected chi connectivity index (χ4v) is 4.67. The average molecular weight is 373 g/mol. The summed E-state index contributed by atoms with van der Waals surface area (Å²) in [6, 6.07) is 27.2. The Balaban J connectivity index is 1.34. The van der Waals surface area contributed by atoms with Crippen molar-refractivity contribution in [3.8, 4) is 0 Å². The minimum Gasteiger partial charge on any atom is -0.207 e. The first kappa shape index (κ1) is 18.9. The third-order valence-electron chi connectivity index (χ3n) is 6.43. The molecule has 1 unspecified atom stereocenters. The van der Waals surface area contributed by atoms with Crippen LogP contribution in [0.2, 0.25) is 0 Å². The molecule has 0 amide bonds. The molecule has 1 atom stereocenters. The van der Waals surface area contributed by atoms with Crippen LogP contribution in [0.15, 0.2) is 78.9 Å². The van der Waals surface area contributed by atoms with Crippen LogP contribution in [0.5, 0.6) is 0 Å². The largest absolute Gasteiger partial charge is 0.207 e. The first-order valence-corrected chi connectivity index (χ1v) is 10.6. The zero-order valence-electron chi connectivity index (χ0n) is 16.7. The predicted molar refractivity (Wildman–Crippen MR) is 115 cm³/mol. The molecule has 28 heavy (non-hydrogen) atoms. The molecular weight excluding hydrogens is 343 g/mol. The van der Waals surface area contributed by atoms with Crippen molar-refractivity contribution in [1.82, 2.24) is 0 Å². The molecule has 0 heterocycles. The molecule has 1 aliphatic carbocycles. The molecule has 1 saturated carbocycles. The molecule has 0 bridgehead atoms. The molecule has 1 fully saturated rings. The lowest BCUT2D eigenvalue weighted by Gasteiger charge is -2.29. The van der Waals surface area contributed by atoms with Gasteiger partial charge >= 0.3 is 0 Å². The Morgan fingerprint density at radius 2 is 1.21 bits per heavy atom. The molecule has 0 aromatic heterocycles. The van der Waals surface area contributed by atoms with Crippen molar-refractivity contribution in [2.45, 2.75) is 56.8 Å². The molecule has 0 nitrogen and oxygen atoms in total. The molecule has 0 N–H and O–H groups in total. The van der Waals surface area contributed by atoms with Gasteiger partial charge in [-0.05, 0) is 84.2 Å². The molecular formula is C27H29F. The highest BCUT2D eigenvalue weighted by Crippen LogP contribution is 2.40. The molecule has 144 valence electrons. The van der Waals surface area contributed by atoms with Crippen LogP contribution in [0.1, 0.15) is 72.6 Å². The van der Waals surface area contributed by atoms with E-state index in [4.69, 9.17) is 0 Å². The third-order valence-corrected chi connectivity index (χ3v) is 6.43. The van der Waals surface area contributed by atoms with E-state index in [0.717, 1.165) is 6.42 Å². The van der Waals surface area contributed by atoms with Gasteiger partial charge in [-0.25, -0.2) is 4.39 Å². The summed E-state index contributed by atoms with van der Waals surface area (Å²) in [6.07, 6.45) is 5.93. The van der Waals surface area contributed by atoms with Crippen molar-refractivity contribution in [3.05, 3.63) is 107 Å². The van der Waals surface area contributed by atoms with E-state index in [1.165, 1.54) is 47.9 Å². The first-order valence-electron chi connectivity index (χ1n) is 10.6. The summed E-state index contributed by atoms with van der Waals surface area (Å²) >= 11 is 0. The maximum atomic E-state index is 13.1. The molecule has 3 aromatic rings. The lowest BCUT2D eigenvalue weighted by molar-refractivity contribution is 0.396. The minimum absolute atomic E-state index is 0.140. The summed E-state index contributed by atoms with van der Waals surface area (Å²) in [4.78, 5) is 0. The topological polar surface area (TPSA) is 0 Å². The number of halogens is 1. The van der Waals surface area contributed by atoms with E-state index in [-0.39, 0.29) is 5.82 Å². The summed E-state index contributed by atoms with van der Waals surface area (Å²) in [7, 11) is 0. The average Bonchev–Trinajstić information content (AvgIpc) is 2.76. The Labute approximate surface area is 168 Å². The van der Waals surface area contributed by atoms with Crippen LogP contribution >= 0.6 is 0 Å². The second-order valence-electron chi connectivity index (χ2n) is 8.36. The van der Waals surface area contributed by atoms with Crippen LogP contribution in [0.3, 0.4) is 0 Å². The highest BCUT2D eigenvalue weighted by Gasteiger charge is 2.23. The zero-order chi connectivity index (χ0) is 19.3. The van der Waals surface area contributed by atoms with Gasteiger partial charge in [-0.3, -0.25) is 0 Å². The smallest absolute Gasteiger partial charge is 0.123 e. The Bertz CT molecular complexity index is 856. The maximum absolute atomic E-state index is 13.1. The van der Waals surface area contributed by atoms with Gasteiger partial charge in [0, 0.05) is 0 Å². The number of hydrogen-bond donors (Lipinski definition) is 0. The highest BCUT2D eigenvalue weighted by atomic mass is 19.1. The summed E-state index contributed by atoms with van der Waals surface area (Å²) in [5.74, 6) is 1.65. The lowest BCUT2D eigenvalue weighted by atomic mass is 9.76. The van der Waals surface area contributed by atoms with Crippen molar-refractivity contribution in [2.24, 2.45) is 0 Å². The van der Waals surface area contributed by atoms with Gasteiger partial charge in [0.25, 0.3) is 0 Å². The van der Waals surface area contributed by atoms with Crippen LogP contribution in [-0.2, 0) is 6.42 Å². The van der Waals surface area contributed by atoms with Gasteiger partial charge in [0.1, 0.15) is 5.82 Å². The first-order chi connectivity index (χ1) is 13.7. The van der Waals surface area contributed by atoms with Crippen molar-refractivity contribution >= 4 is 0 Å². The highest BCUT2D eigenvalue weighted by molar-refractivity contribution is 5.29. The van der Waals surface area contributed by atoms with Crippen LogP contribution in [0.25, 0.3) is 0 Å². The zero-order valence-corrected chi connectivity index (χ0v) is 16.7. The summed E-state index contributed by atoms with van der Waals surface area (Å²) < 4.78 is 13.1. The van der Waals surface area contributed by atoms with Crippen molar-refractivity contribution < 1.29 is 4.39 Å². The fraction of sp³-hybridized carbons (Fsp3) is 0.333. The van der Waals surface area contributed by atoms with E-state index in [0.29, 0.717) is 17.8 Å². The van der Waals surface area contributed by atoms with Crippen LogP contribution in [0, 0.1) is 5.82 Å². The summed E-state index contributed by atoms with van der Waals surface area (Å²) in [6.45, 7) is 2.31. The van der Waals surface area contributed by atoms with E-state index in [1.807, 2.05) is 12.1 Å². The second kappa shape index (κ2) is 8.73. The standard InChI is InChI=1S/C27H29F/c1-20(22-5-3-2-4-6-22)19-21-7-9-23(10-8-21)24-11-13-25(14-12-24)26-15-17-27(28)18-16-26/h2-10,15-18,20,24-25H,11-14,19H2,1H3. The van der Waals surface area contributed by atoms with Gasteiger partial charge in [0.15, 0.2) is 0 Å². The SMILES string of the molecule is CC(Cc1ccc(C2CCC(c3ccc(F)cc3)CC2)cc1)c1ccccc1. The number of benzene rings is 3. The maximum Gasteiger partial charge on any atom is 0.123 e. The summed E-state index contributed by atoms with van der Waals surface area (Å²) in [5, 5.41) is 0. The molecule has 0 spiro atoms. The van der Waals surface area contributed by atoms with Gasteiger partial charge in [-0.2, -0.15) is 0 Å². The molecule has 4 rings (SSSR count). The van der Waals surface area contributed by atoms with E-state index in [1.54, 1.807) is 12.1 Å². The molecule has 1 heteroatoms. The van der Waals surface area contributed by atoms with Crippen molar-refractivity contribution in [1.29, 1.82) is 0 Å². The quantitative estimate of drug-likeness (QED) is 0.432. The fourth-order valence-electron chi connectivity index (χ4n) is 4.67. The molecule has 0 radical (unpaired) electrons. The van der Waals surface area contributed by atoms with E-state index < -0.39 is 0 Å². The lowest BCUT2D eigenvalue weighted by Crippen LogP contribution is -2.12. The number of rotatable bonds is 5. The predicted octanol–water partition coefficient (Wildman–Crippen LogP) is 7.61. The monoisotopic (exact) mass is 372 g/mol. The normalized spacial score (nSPS) is 20.6. The summed E-state index contributed by atoms with van der Waals surface area (Å²) in [5.41, 5.74) is 5.60. The van der Waals surface area contributed by atoms with E-state index in [9.17, 15) is 4.39 Å². The molecule has 0 aliphatic heterocycles. The Morgan fingerprint density at radius 3 is 1.75 bits per heavy atom. The minimum atomic E-state index is -0.140. The van der Waals surface area contributed by atoms with Gasteiger partial charge in [0.05, 0.1) is 0 Å². The van der Waals surface area contributed by atoms with Gasteiger partial charge in [0.2, 0.25) is 0 Å². The van der Waals surface area contributed by atoms with Gasteiger partial charge < -0.3 is 0 Å². The van der Waals surface area contributed by atoms with Crippen LogP contribution in [0.4, 0.5) is 4.39 Å². The van der Waals surface area contributed by atoms with Crippen LogP contribution in [-0.4, -0.2) is 0 Å². The van der Waals surface area contributed by atoms with Crippen molar-refractivity contribution in [3.63, 3.8) is 0 Å². The van der Waals surface area contributed by atoms with E-state index in [2.05, 4.69) is 61.5 Å². The third kappa shape index (κ3) is 4.52. The molecule has 1 aliphatic rings. The van der Waals surface area contributed by atoms with Crippen molar-refractivity contribution in [2.75, 3.05) is 0 Å². The second-order valence-corrected chi connectivity index (χ2v) is 8.36.